The molecule has 4 amide bonds. The number of hydrazine groups is 1. The third kappa shape index (κ3) is 5.66. The molecule has 1 aromatic carbocycles. The van der Waals surface area contributed by atoms with Gasteiger partial charge < -0.3 is 20.2 Å². The van der Waals surface area contributed by atoms with Crippen LogP contribution in [0.25, 0.3) is 0 Å². The van der Waals surface area contributed by atoms with E-state index in [1.54, 1.807) is 4.90 Å². The number of amides is 4. The van der Waals surface area contributed by atoms with Crippen LogP contribution in [0.2, 0.25) is 0 Å². The van der Waals surface area contributed by atoms with Crippen LogP contribution in [0.15, 0.2) is 30.3 Å². The highest BCUT2D eigenvalue weighted by Crippen LogP contribution is 2.28. The van der Waals surface area contributed by atoms with E-state index in [0.717, 1.165) is 18.4 Å². The van der Waals surface area contributed by atoms with Crippen molar-refractivity contribution < 1.29 is 24.3 Å². The van der Waals surface area contributed by atoms with Crippen LogP contribution in [0.1, 0.15) is 38.2 Å². The molecular formula is C24H31N5O5. The minimum atomic E-state index is -1.05. The molecule has 2 atom stereocenters. The number of carbonyl (C=O) groups is 4. The molecule has 0 bridgehead atoms. The Balaban J connectivity index is 1.90. The Labute approximate surface area is 199 Å². The van der Waals surface area contributed by atoms with Crippen molar-refractivity contribution in [2.24, 2.45) is 0 Å². The average Bonchev–Trinajstić information content (AvgIpc) is 2.81. The van der Waals surface area contributed by atoms with Crippen molar-refractivity contribution in [2.75, 3.05) is 26.2 Å². The Bertz CT molecular complexity index is 947. The summed E-state index contributed by atoms with van der Waals surface area (Å²) in [4.78, 5) is 53.9. The van der Waals surface area contributed by atoms with Gasteiger partial charge in [-0.3, -0.25) is 14.4 Å². The third-order valence-electron chi connectivity index (χ3n) is 6.01. The van der Waals surface area contributed by atoms with Crippen LogP contribution < -0.4 is 5.32 Å². The number of nitrogens with one attached hydrogen (secondary N) is 1. The number of unbranched alkanes of at least 4 members (excludes halogenated alkanes) is 1. The van der Waals surface area contributed by atoms with Crippen LogP contribution in [0.4, 0.5) is 4.79 Å². The maximum atomic E-state index is 13.4. The van der Waals surface area contributed by atoms with Crippen molar-refractivity contribution in [2.45, 2.75) is 51.4 Å². The highest BCUT2D eigenvalue weighted by Gasteiger charge is 2.51. The first-order valence-corrected chi connectivity index (χ1v) is 11.5. The molecule has 34 heavy (non-hydrogen) atoms. The number of nitrogens with zero attached hydrogens (tertiary/aromatic N) is 4. The number of fused-ring (bicyclic) bond motifs is 1. The maximum Gasteiger partial charge on any atom is 0.334 e. The molecule has 0 unspecified atom stereocenters. The van der Waals surface area contributed by atoms with Gasteiger partial charge in [0.2, 0.25) is 11.8 Å². The topological polar surface area (TPSA) is 114 Å². The lowest BCUT2D eigenvalue weighted by atomic mass is 10.0. The molecule has 2 fully saturated rings. The molecule has 10 heteroatoms. The largest absolute Gasteiger partial charge is 0.481 e. The van der Waals surface area contributed by atoms with Gasteiger partial charge in [0, 0.05) is 19.5 Å². The van der Waals surface area contributed by atoms with E-state index in [4.69, 9.17) is 6.42 Å². The zero-order chi connectivity index (χ0) is 24.7. The van der Waals surface area contributed by atoms with Gasteiger partial charge in [-0.15, -0.1) is 6.42 Å². The van der Waals surface area contributed by atoms with E-state index in [9.17, 15) is 24.3 Å². The third-order valence-corrected chi connectivity index (χ3v) is 6.01. The summed E-state index contributed by atoms with van der Waals surface area (Å²) in [7, 11) is 0. The SMILES string of the molecule is C#CCN1CC(=O)N2[C@@H](CCC(=O)O)C(=O)N(CCCC)C[C@@H]2N1C(=O)NCc1ccccc1. The molecule has 0 spiro atoms. The van der Waals surface area contributed by atoms with E-state index in [2.05, 4.69) is 11.2 Å². The Morgan fingerprint density at radius 1 is 1.24 bits per heavy atom. The number of hydrogen-bond acceptors (Lipinski definition) is 5. The van der Waals surface area contributed by atoms with Crippen molar-refractivity contribution in [3.05, 3.63) is 35.9 Å². The van der Waals surface area contributed by atoms with E-state index in [1.165, 1.54) is 14.9 Å². The normalized spacial score (nSPS) is 20.6. The van der Waals surface area contributed by atoms with E-state index in [1.807, 2.05) is 37.3 Å². The molecule has 2 N–H and O–H groups in total. The van der Waals surface area contributed by atoms with Crippen LogP contribution in [0.5, 0.6) is 0 Å². The summed E-state index contributed by atoms with van der Waals surface area (Å²) in [6.07, 6.45) is 6.08. The number of benzene rings is 1. The van der Waals surface area contributed by atoms with Crippen molar-refractivity contribution in [1.82, 2.24) is 25.1 Å². The Hall–Kier alpha value is -3.58. The van der Waals surface area contributed by atoms with E-state index in [0.29, 0.717) is 6.54 Å². The van der Waals surface area contributed by atoms with Gasteiger partial charge in [-0.1, -0.05) is 49.6 Å². The molecule has 1 aromatic rings. The van der Waals surface area contributed by atoms with Gasteiger partial charge in [0.05, 0.1) is 19.6 Å². The van der Waals surface area contributed by atoms with Crippen molar-refractivity contribution in [3.8, 4) is 12.3 Å². The second-order valence-corrected chi connectivity index (χ2v) is 8.38. The molecule has 2 aliphatic heterocycles. The summed E-state index contributed by atoms with van der Waals surface area (Å²) in [6.45, 7) is 2.75. The molecule has 0 aromatic heterocycles. The first-order valence-electron chi connectivity index (χ1n) is 11.5. The fourth-order valence-corrected chi connectivity index (χ4v) is 4.38. The van der Waals surface area contributed by atoms with E-state index >= 15 is 0 Å². The lowest BCUT2D eigenvalue weighted by Crippen LogP contribution is -2.76. The molecule has 182 valence electrons. The Morgan fingerprint density at radius 3 is 2.62 bits per heavy atom. The van der Waals surface area contributed by atoms with Gasteiger partial charge in [0.25, 0.3) is 0 Å². The summed E-state index contributed by atoms with van der Waals surface area (Å²) in [6, 6.07) is 8.02. The number of hydrogen-bond donors (Lipinski definition) is 2. The van der Waals surface area contributed by atoms with Crippen LogP contribution >= 0.6 is 0 Å². The molecule has 2 heterocycles. The lowest BCUT2D eigenvalue weighted by Gasteiger charge is -2.54. The monoisotopic (exact) mass is 469 g/mol. The predicted octanol–water partition coefficient (Wildman–Crippen LogP) is 1.09. The quantitative estimate of drug-likeness (QED) is 0.524. The van der Waals surface area contributed by atoms with Crippen LogP contribution in [0, 0.1) is 12.3 Å². The lowest BCUT2D eigenvalue weighted by molar-refractivity contribution is -0.189. The number of terminal acetylenes is 1. The first kappa shape index (κ1) is 25.1. The fourth-order valence-electron chi connectivity index (χ4n) is 4.38. The number of rotatable bonds is 9. The Morgan fingerprint density at radius 2 is 1.97 bits per heavy atom. The number of carbonyl (C=O) groups excluding carboxylic acids is 3. The summed E-state index contributed by atoms with van der Waals surface area (Å²) in [5.74, 6) is 0.805. The second kappa shape index (κ2) is 11.5. The van der Waals surface area contributed by atoms with Gasteiger partial charge in [-0.25, -0.2) is 9.80 Å². The minimum absolute atomic E-state index is 0.0202. The summed E-state index contributed by atoms with van der Waals surface area (Å²) >= 11 is 0. The number of carboxylic acids is 1. The van der Waals surface area contributed by atoms with E-state index < -0.39 is 24.2 Å². The molecular weight excluding hydrogens is 438 g/mol. The van der Waals surface area contributed by atoms with Gasteiger partial charge in [0.15, 0.2) is 0 Å². The average molecular weight is 470 g/mol. The number of piperazine rings is 1. The zero-order valence-corrected chi connectivity index (χ0v) is 19.4. The van der Waals surface area contributed by atoms with Crippen molar-refractivity contribution >= 4 is 23.8 Å². The molecule has 3 rings (SSSR count). The predicted molar refractivity (Wildman–Crippen MR) is 124 cm³/mol. The fraction of sp³-hybridized carbons (Fsp3) is 0.500. The highest BCUT2D eigenvalue weighted by atomic mass is 16.4. The summed E-state index contributed by atoms with van der Waals surface area (Å²) in [5.41, 5.74) is 0.909. The standard InChI is InChI=1S/C24H31N5O5/c1-3-5-14-26-16-20-28(19(23(26)33)11-12-22(31)32)21(30)17-27(13-4-2)29(20)24(34)25-15-18-9-7-6-8-10-18/h2,6-10,19-20H,3,5,11-17H2,1H3,(H,25,34)(H,31,32)/t19-,20-/m0/s1. The highest BCUT2D eigenvalue weighted by molar-refractivity contribution is 5.91. The zero-order valence-electron chi connectivity index (χ0n) is 19.4. The number of aliphatic carboxylic acids is 1. The van der Waals surface area contributed by atoms with Crippen LogP contribution in [-0.2, 0) is 20.9 Å². The number of urea groups is 1. The summed E-state index contributed by atoms with van der Waals surface area (Å²) in [5, 5.41) is 15.0. The number of carboxylic acid groups (broad SMARTS) is 1. The molecule has 0 saturated carbocycles. The minimum Gasteiger partial charge on any atom is -0.481 e. The Kier molecular flexibility index (Phi) is 8.49. The van der Waals surface area contributed by atoms with E-state index in [-0.39, 0.29) is 50.8 Å². The van der Waals surface area contributed by atoms with Gasteiger partial charge in [-0.05, 0) is 18.4 Å². The van der Waals surface area contributed by atoms with Crippen LogP contribution in [0.3, 0.4) is 0 Å². The molecule has 0 aliphatic carbocycles. The summed E-state index contributed by atoms with van der Waals surface area (Å²) < 4.78 is 0. The maximum absolute atomic E-state index is 13.4. The van der Waals surface area contributed by atoms with Crippen molar-refractivity contribution in [3.63, 3.8) is 0 Å². The first-order chi connectivity index (χ1) is 16.4. The van der Waals surface area contributed by atoms with Gasteiger partial charge in [-0.2, -0.15) is 5.01 Å². The molecule has 0 radical (unpaired) electrons. The molecule has 10 nitrogen and oxygen atoms in total. The molecule has 2 aliphatic rings. The van der Waals surface area contributed by atoms with Crippen molar-refractivity contribution in [1.29, 1.82) is 0 Å². The van der Waals surface area contributed by atoms with Gasteiger partial charge >= 0.3 is 12.0 Å². The van der Waals surface area contributed by atoms with Gasteiger partial charge in [0.1, 0.15) is 12.2 Å². The molecule has 2 saturated heterocycles. The second-order valence-electron chi connectivity index (χ2n) is 8.38. The van der Waals surface area contributed by atoms with Crippen LogP contribution in [-0.4, -0.2) is 87.1 Å². The smallest absolute Gasteiger partial charge is 0.334 e.